The van der Waals surface area contributed by atoms with Crippen LogP contribution in [0.25, 0.3) is 5.82 Å². The number of hydrogen-bond donors (Lipinski definition) is 2. The Kier molecular flexibility index (Phi) is 5.55. The van der Waals surface area contributed by atoms with Gasteiger partial charge in [0.1, 0.15) is 12.1 Å². The van der Waals surface area contributed by atoms with Gasteiger partial charge in [0.25, 0.3) is 5.91 Å². The van der Waals surface area contributed by atoms with E-state index in [4.69, 9.17) is 0 Å². The van der Waals surface area contributed by atoms with Gasteiger partial charge in [-0.05, 0) is 37.9 Å². The number of piperidine rings is 1. The van der Waals surface area contributed by atoms with Crippen LogP contribution in [0, 0.1) is 0 Å². The molecule has 1 amide bonds. The molecule has 7 nitrogen and oxygen atoms in total. The maximum Gasteiger partial charge on any atom is 0.252 e. The Balaban J connectivity index is 1.40. The zero-order valence-electron chi connectivity index (χ0n) is 13.6. The van der Waals surface area contributed by atoms with E-state index in [1.165, 1.54) is 0 Å². The van der Waals surface area contributed by atoms with E-state index in [0.29, 0.717) is 12.1 Å². The molecule has 128 valence electrons. The number of hydrogen-bond acceptors (Lipinski definition) is 5. The van der Waals surface area contributed by atoms with Crippen LogP contribution in [0.15, 0.2) is 37.1 Å². The van der Waals surface area contributed by atoms with Crippen LogP contribution >= 0.6 is 0 Å². The van der Waals surface area contributed by atoms with Gasteiger partial charge < -0.3 is 15.3 Å². The third-order valence-corrected chi connectivity index (χ3v) is 4.27. The van der Waals surface area contributed by atoms with Gasteiger partial charge in [-0.2, -0.15) is 0 Å². The number of imidazole rings is 1. The SMILES string of the molecule is O=C(NCCCN1CCC(O)CC1)c1ccc(-n2ccnc2)nc1. The second kappa shape index (κ2) is 8.03. The maximum atomic E-state index is 12.1. The predicted octanol–water partition coefficient (Wildman–Crippen LogP) is 0.844. The summed E-state index contributed by atoms with van der Waals surface area (Å²) < 4.78 is 1.79. The van der Waals surface area contributed by atoms with Crippen molar-refractivity contribution >= 4 is 5.91 Å². The van der Waals surface area contributed by atoms with Gasteiger partial charge in [-0.1, -0.05) is 0 Å². The molecule has 1 fully saturated rings. The molecule has 2 aromatic heterocycles. The highest BCUT2D eigenvalue weighted by atomic mass is 16.3. The highest BCUT2D eigenvalue weighted by Gasteiger charge is 2.16. The third kappa shape index (κ3) is 4.39. The van der Waals surface area contributed by atoms with Gasteiger partial charge in [0, 0.05) is 38.2 Å². The molecule has 3 heterocycles. The van der Waals surface area contributed by atoms with Crippen molar-refractivity contribution in [1.82, 2.24) is 24.8 Å². The fourth-order valence-corrected chi connectivity index (χ4v) is 2.82. The number of carbonyl (C=O) groups excluding carboxylic acids is 1. The summed E-state index contributed by atoms with van der Waals surface area (Å²) in [6, 6.07) is 3.57. The molecular weight excluding hydrogens is 306 g/mol. The fraction of sp³-hybridized carbons (Fsp3) is 0.471. The Morgan fingerprint density at radius 2 is 2.17 bits per heavy atom. The maximum absolute atomic E-state index is 12.1. The molecular formula is C17H23N5O2. The number of rotatable bonds is 6. The first kappa shape index (κ1) is 16.6. The Hall–Kier alpha value is -2.25. The molecule has 0 atom stereocenters. The summed E-state index contributed by atoms with van der Waals surface area (Å²) in [5.74, 6) is 0.630. The first-order chi connectivity index (χ1) is 11.7. The zero-order valence-corrected chi connectivity index (χ0v) is 13.6. The Morgan fingerprint density at radius 1 is 1.33 bits per heavy atom. The van der Waals surface area contributed by atoms with Crippen molar-refractivity contribution < 1.29 is 9.90 Å². The monoisotopic (exact) mass is 329 g/mol. The lowest BCUT2D eigenvalue weighted by Crippen LogP contribution is -2.37. The number of likely N-dealkylation sites (tertiary alicyclic amines) is 1. The van der Waals surface area contributed by atoms with Crippen LogP contribution in [0.2, 0.25) is 0 Å². The van der Waals surface area contributed by atoms with Crippen LogP contribution in [0.3, 0.4) is 0 Å². The summed E-state index contributed by atoms with van der Waals surface area (Å²) in [5.41, 5.74) is 0.556. The smallest absolute Gasteiger partial charge is 0.252 e. The number of aliphatic hydroxyl groups is 1. The number of aromatic nitrogens is 3. The number of nitrogens with one attached hydrogen (secondary N) is 1. The van der Waals surface area contributed by atoms with Crippen LogP contribution < -0.4 is 5.32 Å². The van der Waals surface area contributed by atoms with E-state index >= 15 is 0 Å². The Labute approximate surface area is 141 Å². The van der Waals surface area contributed by atoms with E-state index in [1.54, 1.807) is 35.4 Å². The van der Waals surface area contributed by atoms with Crippen LogP contribution in [0.4, 0.5) is 0 Å². The standard InChI is InChI=1S/C17H23N5O2/c23-15-4-9-21(10-5-15)8-1-6-19-17(24)14-2-3-16(20-12-14)22-11-7-18-13-22/h2-3,7,11-13,15,23H,1,4-6,8-10H2,(H,19,24). The molecule has 0 saturated carbocycles. The topological polar surface area (TPSA) is 83.3 Å². The average molecular weight is 329 g/mol. The molecule has 0 aromatic carbocycles. The number of amides is 1. The lowest BCUT2D eigenvalue weighted by molar-refractivity contribution is 0.0816. The van der Waals surface area contributed by atoms with Crippen LogP contribution in [-0.2, 0) is 0 Å². The van der Waals surface area contributed by atoms with Gasteiger partial charge >= 0.3 is 0 Å². The first-order valence-electron chi connectivity index (χ1n) is 8.35. The largest absolute Gasteiger partial charge is 0.393 e. The summed E-state index contributed by atoms with van der Waals surface area (Å²) in [5, 5.41) is 12.4. The molecule has 0 radical (unpaired) electrons. The molecule has 0 bridgehead atoms. The van der Waals surface area contributed by atoms with Crippen molar-refractivity contribution in [3.63, 3.8) is 0 Å². The molecule has 0 unspecified atom stereocenters. The second-order valence-electron chi connectivity index (χ2n) is 6.06. The Bertz CT molecular complexity index is 634. The minimum Gasteiger partial charge on any atom is -0.393 e. The van der Waals surface area contributed by atoms with Gasteiger partial charge in [-0.25, -0.2) is 9.97 Å². The van der Waals surface area contributed by atoms with E-state index in [0.717, 1.165) is 44.7 Å². The number of carbonyl (C=O) groups is 1. The molecule has 0 aliphatic carbocycles. The van der Waals surface area contributed by atoms with Crippen molar-refractivity contribution in [2.24, 2.45) is 0 Å². The van der Waals surface area contributed by atoms with Gasteiger partial charge in [-0.3, -0.25) is 9.36 Å². The van der Waals surface area contributed by atoms with E-state index in [-0.39, 0.29) is 12.0 Å². The van der Waals surface area contributed by atoms with E-state index in [2.05, 4.69) is 20.2 Å². The number of pyridine rings is 1. The quantitative estimate of drug-likeness (QED) is 0.768. The first-order valence-corrected chi connectivity index (χ1v) is 8.35. The Morgan fingerprint density at radius 3 is 2.83 bits per heavy atom. The minimum absolute atomic E-state index is 0.103. The minimum atomic E-state index is -0.140. The van der Waals surface area contributed by atoms with Crippen LogP contribution in [0.1, 0.15) is 29.6 Å². The highest BCUT2D eigenvalue weighted by Crippen LogP contribution is 2.10. The number of nitrogens with zero attached hydrogens (tertiary/aromatic N) is 4. The molecule has 1 saturated heterocycles. The predicted molar refractivity (Wildman–Crippen MR) is 90.0 cm³/mol. The zero-order chi connectivity index (χ0) is 16.8. The van der Waals surface area contributed by atoms with E-state index in [9.17, 15) is 9.90 Å². The van der Waals surface area contributed by atoms with Crippen molar-refractivity contribution in [3.8, 4) is 5.82 Å². The second-order valence-corrected chi connectivity index (χ2v) is 6.06. The molecule has 1 aliphatic heterocycles. The lowest BCUT2D eigenvalue weighted by atomic mass is 10.1. The molecule has 2 aromatic rings. The van der Waals surface area contributed by atoms with Crippen LogP contribution in [-0.4, -0.2) is 62.7 Å². The summed E-state index contributed by atoms with van der Waals surface area (Å²) in [7, 11) is 0. The molecule has 1 aliphatic rings. The van der Waals surface area contributed by atoms with E-state index < -0.39 is 0 Å². The van der Waals surface area contributed by atoms with Crippen molar-refractivity contribution in [2.45, 2.75) is 25.4 Å². The van der Waals surface area contributed by atoms with Crippen molar-refractivity contribution in [3.05, 3.63) is 42.6 Å². The normalized spacial score (nSPS) is 16.2. The molecule has 24 heavy (non-hydrogen) atoms. The molecule has 0 spiro atoms. The summed E-state index contributed by atoms with van der Waals surface area (Å²) in [6.07, 6.45) is 9.20. The molecule has 7 heteroatoms. The van der Waals surface area contributed by atoms with Gasteiger partial charge in [0.05, 0.1) is 11.7 Å². The number of aliphatic hydroxyl groups excluding tert-OH is 1. The summed E-state index contributed by atoms with van der Waals surface area (Å²) in [6.45, 7) is 3.47. The summed E-state index contributed by atoms with van der Waals surface area (Å²) in [4.78, 5) is 22.7. The fourth-order valence-electron chi connectivity index (χ4n) is 2.82. The highest BCUT2D eigenvalue weighted by molar-refractivity contribution is 5.93. The van der Waals surface area contributed by atoms with Gasteiger partial charge in [0.2, 0.25) is 0 Å². The molecule has 2 N–H and O–H groups in total. The average Bonchev–Trinajstić information content (AvgIpc) is 3.15. The van der Waals surface area contributed by atoms with Gasteiger partial charge in [0.15, 0.2) is 0 Å². The third-order valence-electron chi connectivity index (χ3n) is 4.27. The lowest BCUT2D eigenvalue weighted by Gasteiger charge is -2.29. The van der Waals surface area contributed by atoms with Crippen LogP contribution in [0.5, 0.6) is 0 Å². The summed E-state index contributed by atoms with van der Waals surface area (Å²) >= 11 is 0. The van der Waals surface area contributed by atoms with E-state index in [1.807, 2.05) is 6.20 Å². The van der Waals surface area contributed by atoms with Crippen molar-refractivity contribution in [2.75, 3.05) is 26.2 Å². The van der Waals surface area contributed by atoms with Crippen molar-refractivity contribution in [1.29, 1.82) is 0 Å². The van der Waals surface area contributed by atoms with Gasteiger partial charge in [-0.15, -0.1) is 0 Å². The molecule has 3 rings (SSSR count).